The third kappa shape index (κ3) is 9.25. The largest absolute Gasteiger partial charge is 0.357 e. The van der Waals surface area contributed by atoms with Crippen molar-refractivity contribution in [3.8, 4) is 0 Å². The van der Waals surface area contributed by atoms with Crippen molar-refractivity contribution in [2.45, 2.75) is 53.0 Å². The Hall–Kier alpha value is -1.35. The molecule has 7 heteroatoms. The Labute approximate surface area is 212 Å². The van der Waals surface area contributed by atoms with Gasteiger partial charge in [0.05, 0.1) is 6.54 Å². The monoisotopic (exact) mass is 557 g/mol. The average Bonchev–Trinajstić information content (AvgIpc) is 2.74. The number of benzene rings is 1. The number of hydrogen-bond donors (Lipinski definition) is 2. The molecule has 0 aliphatic carbocycles. The molecule has 1 aliphatic rings. The van der Waals surface area contributed by atoms with E-state index in [0.29, 0.717) is 12.0 Å². The van der Waals surface area contributed by atoms with Gasteiger partial charge in [-0.2, -0.15) is 0 Å². The van der Waals surface area contributed by atoms with Crippen molar-refractivity contribution < 1.29 is 4.79 Å². The number of nitrogens with one attached hydrogen (secondary N) is 2. The summed E-state index contributed by atoms with van der Waals surface area (Å²) in [5.41, 5.74) is 1.89. The second-order valence-electron chi connectivity index (χ2n) is 9.33. The lowest BCUT2D eigenvalue weighted by atomic mass is 9.94. The molecule has 0 radical (unpaired) electrons. The molecule has 1 aromatic rings. The molecule has 1 fully saturated rings. The molecule has 0 spiro atoms. The maximum Gasteiger partial charge on any atom is 0.253 e. The predicted octanol–water partition coefficient (Wildman–Crippen LogP) is 3.86. The Bertz CT molecular complexity index is 714. The first-order valence-corrected chi connectivity index (χ1v) is 11.9. The van der Waals surface area contributed by atoms with Crippen molar-refractivity contribution in [2.24, 2.45) is 16.8 Å². The first-order chi connectivity index (χ1) is 14.8. The fourth-order valence-corrected chi connectivity index (χ4v) is 4.08. The van der Waals surface area contributed by atoms with Gasteiger partial charge in [-0.25, -0.2) is 0 Å². The number of hydrogen-bond acceptors (Lipinski definition) is 3. The number of carbonyl (C=O) groups excluding carboxylic acids is 1. The zero-order valence-corrected chi connectivity index (χ0v) is 23.2. The molecule has 6 nitrogen and oxygen atoms in total. The van der Waals surface area contributed by atoms with Crippen molar-refractivity contribution in [1.29, 1.82) is 0 Å². The van der Waals surface area contributed by atoms with Crippen LogP contribution in [0, 0.1) is 11.8 Å². The maximum absolute atomic E-state index is 12.2. The lowest BCUT2D eigenvalue weighted by molar-refractivity contribution is 0.0827. The second-order valence-corrected chi connectivity index (χ2v) is 9.33. The number of aliphatic imine (C=N–C) groups is 1. The highest BCUT2D eigenvalue weighted by molar-refractivity contribution is 14.0. The van der Waals surface area contributed by atoms with Gasteiger partial charge in [-0.3, -0.25) is 14.7 Å². The number of guanidine groups is 1. The van der Waals surface area contributed by atoms with Gasteiger partial charge in [0.2, 0.25) is 0 Å². The first-order valence-electron chi connectivity index (χ1n) is 11.9. The molecule has 2 rings (SSSR count). The van der Waals surface area contributed by atoms with E-state index in [1.807, 2.05) is 18.2 Å². The molecule has 1 unspecified atom stereocenters. The molecule has 1 saturated heterocycles. The Morgan fingerprint density at radius 1 is 1.22 bits per heavy atom. The van der Waals surface area contributed by atoms with E-state index >= 15 is 0 Å². The number of rotatable bonds is 9. The van der Waals surface area contributed by atoms with E-state index < -0.39 is 0 Å². The minimum absolute atomic E-state index is 0. The summed E-state index contributed by atoms with van der Waals surface area (Å²) >= 11 is 0. The lowest BCUT2D eigenvalue weighted by Gasteiger charge is -2.38. The molecular weight excluding hydrogens is 513 g/mol. The Balaban J connectivity index is 0.00000512. The summed E-state index contributed by atoms with van der Waals surface area (Å²) in [7, 11) is 3.56. The van der Waals surface area contributed by atoms with Gasteiger partial charge in [-0.15, -0.1) is 24.0 Å². The molecule has 2 N–H and O–H groups in total. The molecule has 32 heavy (non-hydrogen) atoms. The van der Waals surface area contributed by atoms with Crippen molar-refractivity contribution in [3.05, 3.63) is 35.4 Å². The van der Waals surface area contributed by atoms with Crippen LogP contribution in [0.4, 0.5) is 0 Å². The van der Waals surface area contributed by atoms with Crippen LogP contribution in [0.25, 0.3) is 0 Å². The lowest BCUT2D eigenvalue weighted by Crippen LogP contribution is -2.46. The van der Waals surface area contributed by atoms with Crippen molar-refractivity contribution in [1.82, 2.24) is 20.4 Å². The number of carbonyl (C=O) groups is 1. The molecule has 182 valence electrons. The Morgan fingerprint density at radius 2 is 1.91 bits per heavy atom. The van der Waals surface area contributed by atoms with Crippen LogP contribution in [0.5, 0.6) is 0 Å². The van der Waals surface area contributed by atoms with Gasteiger partial charge in [0.25, 0.3) is 5.91 Å². The summed E-state index contributed by atoms with van der Waals surface area (Å²) in [5, 5.41) is 6.85. The number of halogens is 1. The summed E-state index contributed by atoms with van der Waals surface area (Å²) < 4.78 is 0. The summed E-state index contributed by atoms with van der Waals surface area (Å²) in [5.74, 6) is 2.34. The number of likely N-dealkylation sites (tertiary alicyclic amines) is 1. The summed E-state index contributed by atoms with van der Waals surface area (Å²) in [4.78, 5) is 21.4. The van der Waals surface area contributed by atoms with Gasteiger partial charge in [-0.05, 0) is 68.8 Å². The van der Waals surface area contributed by atoms with Crippen molar-refractivity contribution >= 4 is 35.8 Å². The van der Waals surface area contributed by atoms with E-state index in [0.717, 1.165) is 49.1 Å². The van der Waals surface area contributed by atoms with Crippen LogP contribution < -0.4 is 10.6 Å². The highest BCUT2D eigenvalue weighted by Gasteiger charge is 2.25. The number of piperidine rings is 1. The second kappa shape index (κ2) is 14.7. The number of nitrogens with zero attached hydrogens (tertiary/aromatic N) is 3. The fraction of sp³-hybridized carbons (Fsp3) is 0.680. The third-order valence-corrected chi connectivity index (χ3v) is 6.12. The van der Waals surface area contributed by atoms with Crippen molar-refractivity contribution in [2.75, 3.05) is 46.8 Å². The molecule has 1 aromatic carbocycles. The smallest absolute Gasteiger partial charge is 0.253 e. The van der Waals surface area contributed by atoms with Crippen LogP contribution in [0.2, 0.25) is 0 Å². The average molecular weight is 558 g/mol. The van der Waals surface area contributed by atoms with Crippen LogP contribution in [-0.2, 0) is 6.42 Å². The Morgan fingerprint density at radius 3 is 2.50 bits per heavy atom. The summed E-state index contributed by atoms with van der Waals surface area (Å²) in [6.45, 7) is 13.9. The molecule has 1 amide bonds. The fourth-order valence-electron chi connectivity index (χ4n) is 4.08. The zero-order chi connectivity index (χ0) is 22.8. The van der Waals surface area contributed by atoms with E-state index in [1.54, 1.807) is 19.0 Å². The molecule has 0 aromatic heterocycles. The third-order valence-electron chi connectivity index (χ3n) is 6.12. The molecule has 1 atom stereocenters. The number of amides is 1. The van der Waals surface area contributed by atoms with E-state index in [4.69, 9.17) is 4.99 Å². The van der Waals surface area contributed by atoms with Crippen molar-refractivity contribution in [3.63, 3.8) is 0 Å². The van der Waals surface area contributed by atoms with E-state index in [9.17, 15) is 4.79 Å². The topological polar surface area (TPSA) is 60.0 Å². The molecule has 1 aliphatic heterocycles. The van der Waals surface area contributed by atoms with Gasteiger partial charge in [0, 0.05) is 38.8 Å². The van der Waals surface area contributed by atoms with E-state index in [-0.39, 0.29) is 29.9 Å². The Kier molecular flexibility index (Phi) is 13.2. The van der Waals surface area contributed by atoms with Gasteiger partial charge in [-0.1, -0.05) is 32.9 Å². The zero-order valence-electron chi connectivity index (χ0n) is 20.9. The van der Waals surface area contributed by atoms with Gasteiger partial charge < -0.3 is 15.5 Å². The molecule has 1 heterocycles. The van der Waals surface area contributed by atoms with E-state index in [1.165, 1.54) is 25.9 Å². The van der Waals surface area contributed by atoms with E-state index in [2.05, 4.69) is 49.3 Å². The highest BCUT2D eigenvalue weighted by atomic mass is 127. The van der Waals surface area contributed by atoms with Crippen LogP contribution in [0.15, 0.2) is 29.3 Å². The predicted molar refractivity (Wildman–Crippen MR) is 146 cm³/mol. The standard InChI is InChI=1S/C25H43N5O.HI/c1-7-26-25(28-18-23(19(2)3)30-15-12-20(4)13-16-30)27-14-11-21-9-8-10-22(17-21)24(31)29(5)6;/h8-10,17,19-20,23H,7,11-16,18H2,1-6H3,(H2,26,27,28);1H. The van der Waals surface area contributed by atoms with Crippen LogP contribution >= 0.6 is 24.0 Å². The minimum atomic E-state index is 0. The van der Waals surface area contributed by atoms with Crippen LogP contribution in [0.1, 0.15) is 56.5 Å². The highest BCUT2D eigenvalue weighted by Crippen LogP contribution is 2.21. The summed E-state index contributed by atoms with van der Waals surface area (Å²) in [6, 6.07) is 8.37. The SMILES string of the molecule is CCNC(=NCC(C(C)C)N1CCC(C)CC1)NCCc1cccc(C(=O)N(C)C)c1.I. The van der Waals surface area contributed by atoms with Crippen LogP contribution in [-0.4, -0.2) is 74.5 Å². The van der Waals surface area contributed by atoms with Gasteiger partial charge in [0.15, 0.2) is 5.96 Å². The van der Waals surface area contributed by atoms with Crippen LogP contribution in [0.3, 0.4) is 0 Å². The minimum Gasteiger partial charge on any atom is -0.357 e. The molecular formula is C25H44IN5O. The first kappa shape index (κ1) is 28.7. The normalized spacial score (nSPS) is 16.4. The molecule has 0 saturated carbocycles. The van der Waals surface area contributed by atoms with Gasteiger partial charge >= 0.3 is 0 Å². The van der Waals surface area contributed by atoms with Gasteiger partial charge in [0.1, 0.15) is 0 Å². The quantitative estimate of drug-likeness (QED) is 0.275. The molecule has 0 bridgehead atoms. The maximum atomic E-state index is 12.2. The summed E-state index contributed by atoms with van der Waals surface area (Å²) in [6.07, 6.45) is 3.43.